The molecule has 5 heteroatoms. The van der Waals surface area contributed by atoms with E-state index in [4.69, 9.17) is 4.74 Å². The third-order valence-corrected chi connectivity index (χ3v) is 6.25. The summed E-state index contributed by atoms with van der Waals surface area (Å²) in [5.74, 6) is 0.113. The van der Waals surface area contributed by atoms with Crippen molar-refractivity contribution in [2.45, 2.75) is 30.8 Å². The first-order valence-electron chi connectivity index (χ1n) is 10.1. The molecule has 4 rings (SSSR count). The Labute approximate surface area is 167 Å². The standard InChI is InChI=1S/C23H29N3O2/c1-25(2)15-16-28-21-17-23(20-6-4-3-5-19(20)21)9-13-26(14-10-23)22(27)18-7-11-24-12-8-18/h3-8,11-12,21H,9-10,13-17H2,1-2H3/t21-/m1/s1. The molecule has 0 bridgehead atoms. The Morgan fingerprint density at radius 2 is 1.89 bits per heavy atom. The van der Waals surface area contributed by atoms with E-state index in [1.165, 1.54) is 11.1 Å². The molecular weight excluding hydrogens is 350 g/mol. The van der Waals surface area contributed by atoms with Gasteiger partial charge in [-0.25, -0.2) is 0 Å². The van der Waals surface area contributed by atoms with Crippen LogP contribution in [-0.2, 0) is 10.2 Å². The summed E-state index contributed by atoms with van der Waals surface area (Å²) in [6.45, 7) is 3.26. The molecule has 0 saturated carbocycles. The third kappa shape index (κ3) is 3.69. The van der Waals surface area contributed by atoms with Crippen molar-refractivity contribution < 1.29 is 9.53 Å². The average Bonchev–Trinajstić information content (AvgIpc) is 3.02. The number of amides is 1. The smallest absolute Gasteiger partial charge is 0.253 e. The van der Waals surface area contributed by atoms with E-state index in [1.54, 1.807) is 24.5 Å². The zero-order valence-electron chi connectivity index (χ0n) is 16.8. The molecule has 1 fully saturated rings. The predicted molar refractivity (Wildman–Crippen MR) is 109 cm³/mol. The second-order valence-corrected chi connectivity index (χ2v) is 8.26. The molecule has 1 amide bonds. The number of nitrogens with zero attached hydrogens (tertiary/aromatic N) is 3. The summed E-state index contributed by atoms with van der Waals surface area (Å²) in [6.07, 6.45) is 6.54. The van der Waals surface area contributed by atoms with E-state index in [0.29, 0.717) is 0 Å². The van der Waals surface area contributed by atoms with Crippen LogP contribution in [0.2, 0.25) is 0 Å². The minimum Gasteiger partial charge on any atom is -0.372 e. The highest BCUT2D eigenvalue weighted by molar-refractivity contribution is 5.94. The molecule has 2 aliphatic rings. The molecule has 1 saturated heterocycles. The number of aromatic nitrogens is 1. The number of hydrogen-bond acceptors (Lipinski definition) is 4. The Kier molecular flexibility index (Phi) is 5.47. The Morgan fingerprint density at radius 1 is 1.18 bits per heavy atom. The normalized spacial score (nSPS) is 20.5. The molecule has 0 radical (unpaired) electrons. The first kappa shape index (κ1) is 19.1. The van der Waals surface area contributed by atoms with Crippen molar-refractivity contribution in [2.75, 3.05) is 40.3 Å². The highest BCUT2D eigenvalue weighted by Crippen LogP contribution is 2.52. The van der Waals surface area contributed by atoms with E-state index in [0.717, 1.165) is 51.1 Å². The molecule has 2 heterocycles. The van der Waals surface area contributed by atoms with Crippen molar-refractivity contribution in [3.05, 3.63) is 65.5 Å². The number of likely N-dealkylation sites (N-methyl/N-ethyl adjacent to an activating group) is 1. The van der Waals surface area contributed by atoms with Gasteiger partial charge in [-0.2, -0.15) is 0 Å². The Balaban J connectivity index is 1.46. The first-order chi connectivity index (χ1) is 13.6. The summed E-state index contributed by atoms with van der Waals surface area (Å²) < 4.78 is 6.28. The van der Waals surface area contributed by atoms with Gasteiger partial charge in [0.25, 0.3) is 5.91 Å². The number of hydrogen-bond donors (Lipinski definition) is 0. The lowest BCUT2D eigenvalue weighted by atomic mass is 9.73. The van der Waals surface area contributed by atoms with Crippen LogP contribution in [0.1, 0.15) is 46.9 Å². The Morgan fingerprint density at radius 3 is 2.61 bits per heavy atom. The molecule has 1 atom stereocenters. The third-order valence-electron chi connectivity index (χ3n) is 6.25. The van der Waals surface area contributed by atoms with Crippen LogP contribution in [0.5, 0.6) is 0 Å². The first-order valence-corrected chi connectivity index (χ1v) is 10.1. The number of carbonyl (C=O) groups excluding carboxylic acids is 1. The zero-order valence-corrected chi connectivity index (χ0v) is 16.8. The lowest BCUT2D eigenvalue weighted by Crippen LogP contribution is -2.44. The molecule has 1 aliphatic carbocycles. The molecule has 28 heavy (non-hydrogen) atoms. The van der Waals surface area contributed by atoms with Crippen molar-refractivity contribution >= 4 is 5.91 Å². The predicted octanol–water partition coefficient (Wildman–Crippen LogP) is 3.28. The summed E-state index contributed by atoms with van der Waals surface area (Å²) >= 11 is 0. The van der Waals surface area contributed by atoms with Crippen LogP contribution in [-0.4, -0.2) is 61.0 Å². The number of carbonyl (C=O) groups is 1. The van der Waals surface area contributed by atoms with Gasteiger partial charge >= 0.3 is 0 Å². The van der Waals surface area contributed by atoms with Crippen LogP contribution in [0, 0.1) is 0 Å². The second-order valence-electron chi connectivity index (χ2n) is 8.26. The van der Waals surface area contributed by atoms with Crippen molar-refractivity contribution in [3.8, 4) is 0 Å². The minimum atomic E-state index is 0.113. The molecule has 2 aromatic rings. The minimum absolute atomic E-state index is 0.113. The van der Waals surface area contributed by atoms with Crippen molar-refractivity contribution in [3.63, 3.8) is 0 Å². The Bertz CT molecular complexity index is 814. The molecule has 148 valence electrons. The van der Waals surface area contributed by atoms with Gasteiger partial charge in [-0.05, 0) is 56.6 Å². The maximum absolute atomic E-state index is 12.8. The fourth-order valence-electron chi connectivity index (χ4n) is 4.65. The van der Waals surface area contributed by atoms with E-state index in [1.807, 2.05) is 4.90 Å². The Hall–Kier alpha value is -2.24. The zero-order chi connectivity index (χ0) is 19.6. The maximum atomic E-state index is 12.8. The van der Waals surface area contributed by atoms with Crippen LogP contribution in [0.15, 0.2) is 48.8 Å². The van der Waals surface area contributed by atoms with E-state index >= 15 is 0 Å². The fraction of sp³-hybridized carbons (Fsp3) is 0.478. The van der Waals surface area contributed by atoms with Crippen LogP contribution in [0.25, 0.3) is 0 Å². The highest BCUT2D eigenvalue weighted by Gasteiger charge is 2.46. The van der Waals surface area contributed by atoms with Crippen molar-refractivity contribution in [1.29, 1.82) is 0 Å². The molecule has 1 aromatic heterocycles. The van der Waals surface area contributed by atoms with Crippen LogP contribution in [0.3, 0.4) is 0 Å². The lowest BCUT2D eigenvalue weighted by molar-refractivity contribution is 0.0252. The van der Waals surface area contributed by atoms with Gasteiger partial charge in [0.1, 0.15) is 0 Å². The SMILES string of the molecule is CN(C)CCO[C@@H]1CC2(CCN(C(=O)c3ccncc3)CC2)c2ccccc21. The van der Waals surface area contributed by atoms with Gasteiger partial charge in [0.15, 0.2) is 0 Å². The fourth-order valence-corrected chi connectivity index (χ4v) is 4.65. The second kappa shape index (κ2) is 8.02. The summed E-state index contributed by atoms with van der Waals surface area (Å²) in [5.41, 5.74) is 3.63. The number of ether oxygens (including phenoxy) is 1. The summed E-state index contributed by atoms with van der Waals surface area (Å²) in [7, 11) is 4.14. The monoisotopic (exact) mass is 379 g/mol. The summed E-state index contributed by atoms with van der Waals surface area (Å²) in [4.78, 5) is 20.9. The van der Waals surface area contributed by atoms with Gasteiger partial charge < -0.3 is 14.5 Å². The number of rotatable bonds is 5. The van der Waals surface area contributed by atoms with E-state index in [9.17, 15) is 4.79 Å². The van der Waals surface area contributed by atoms with Gasteiger partial charge in [0.2, 0.25) is 0 Å². The quantitative estimate of drug-likeness (QED) is 0.800. The molecule has 1 spiro atoms. The number of pyridine rings is 1. The van der Waals surface area contributed by atoms with Gasteiger partial charge in [-0.3, -0.25) is 9.78 Å². The maximum Gasteiger partial charge on any atom is 0.253 e. The van der Waals surface area contributed by atoms with Gasteiger partial charge in [0, 0.05) is 43.0 Å². The van der Waals surface area contributed by atoms with Gasteiger partial charge in [0.05, 0.1) is 12.7 Å². The molecule has 5 nitrogen and oxygen atoms in total. The van der Waals surface area contributed by atoms with E-state index in [-0.39, 0.29) is 17.4 Å². The average molecular weight is 380 g/mol. The van der Waals surface area contributed by atoms with Crippen molar-refractivity contribution in [1.82, 2.24) is 14.8 Å². The molecule has 0 unspecified atom stereocenters. The van der Waals surface area contributed by atoms with Crippen LogP contribution < -0.4 is 0 Å². The van der Waals surface area contributed by atoms with Crippen LogP contribution >= 0.6 is 0 Å². The number of likely N-dealkylation sites (tertiary alicyclic amines) is 1. The summed E-state index contributed by atoms with van der Waals surface area (Å²) in [5, 5.41) is 0. The largest absolute Gasteiger partial charge is 0.372 e. The summed E-state index contributed by atoms with van der Waals surface area (Å²) in [6, 6.07) is 12.3. The molecule has 1 aromatic carbocycles. The lowest BCUT2D eigenvalue weighted by Gasteiger charge is -2.40. The number of piperidine rings is 1. The topological polar surface area (TPSA) is 45.7 Å². The molecular formula is C23H29N3O2. The number of fused-ring (bicyclic) bond motifs is 2. The van der Waals surface area contributed by atoms with Crippen molar-refractivity contribution in [2.24, 2.45) is 0 Å². The van der Waals surface area contributed by atoms with E-state index < -0.39 is 0 Å². The highest BCUT2D eigenvalue weighted by atomic mass is 16.5. The molecule has 1 aliphatic heterocycles. The van der Waals surface area contributed by atoms with Gasteiger partial charge in [-0.1, -0.05) is 24.3 Å². The van der Waals surface area contributed by atoms with Gasteiger partial charge in [-0.15, -0.1) is 0 Å². The molecule has 0 N–H and O–H groups in total. The van der Waals surface area contributed by atoms with Crippen LogP contribution in [0.4, 0.5) is 0 Å². The number of benzene rings is 1. The van der Waals surface area contributed by atoms with E-state index in [2.05, 4.69) is 48.2 Å².